The molecule has 2 aromatic carbocycles. The van der Waals surface area contributed by atoms with Gasteiger partial charge in [0, 0.05) is 23.3 Å². The number of amides is 1. The second kappa shape index (κ2) is 7.06. The molecule has 1 aliphatic carbocycles. The second-order valence-electron chi connectivity index (χ2n) is 7.95. The summed E-state index contributed by atoms with van der Waals surface area (Å²) in [5, 5.41) is 4.30. The quantitative estimate of drug-likeness (QED) is 0.430. The lowest BCUT2D eigenvalue weighted by Gasteiger charge is -2.12. The number of fused-ring (bicyclic) bond motifs is 2. The number of para-hydroxylation sites is 1. The van der Waals surface area contributed by atoms with Crippen LogP contribution in [0.5, 0.6) is 0 Å². The van der Waals surface area contributed by atoms with Crippen molar-refractivity contribution in [2.24, 2.45) is 5.73 Å². The van der Waals surface area contributed by atoms with E-state index in [1.807, 2.05) is 60.8 Å². The highest BCUT2D eigenvalue weighted by Crippen LogP contribution is 2.30. The van der Waals surface area contributed by atoms with Crippen LogP contribution in [0.15, 0.2) is 71.7 Å². The number of nitrogens with two attached hydrogens (primary N) is 1. The molecule has 6 rings (SSSR count). The Labute approximate surface area is 186 Å². The Bertz CT molecular complexity index is 1560. The van der Waals surface area contributed by atoms with Gasteiger partial charge < -0.3 is 15.6 Å². The van der Waals surface area contributed by atoms with E-state index in [4.69, 9.17) is 5.73 Å². The fourth-order valence-electron chi connectivity index (χ4n) is 3.94. The highest BCUT2D eigenvalue weighted by Gasteiger charge is 2.25. The summed E-state index contributed by atoms with van der Waals surface area (Å²) < 4.78 is 3.71. The minimum atomic E-state index is -0.530. The van der Waals surface area contributed by atoms with E-state index in [1.165, 1.54) is 11.3 Å². The summed E-state index contributed by atoms with van der Waals surface area (Å²) in [7, 11) is 0. The van der Waals surface area contributed by atoms with Crippen molar-refractivity contribution in [1.82, 2.24) is 14.1 Å². The molecule has 1 saturated carbocycles. The molecule has 0 atom stereocenters. The Kier molecular flexibility index (Phi) is 4.16. The van der Waals surface area contributed by atoms with Crippen LogP contribution in [0, 0.1) is 0 Å². The van der Waals surface area contributed by atoms with Crippen LogP contribution in [-0.2, 0) is 0 Å². The van der Waals surface area contributed by atoms with E-state index in [0.29, 0.717) is 26.7 Å². The molecule has 0 aliphatic heterocycles. The van der Waals surface area contributed by atoms with Gasteiger partial charge in [-0.1, -0.05) is 24.3 Å². The molecule has 5 aromatic rings. The fourth-order valence-corrected chi connectivity index (χ4v) is 4.81. The van der Waals surface area contributed by atoms with Gasteiger partial charge in [-0.05, 0) is 49.2 Å². The van der Waals surface area contributed by atoms with Crippen LogP contribution in [0.4, 0.5) is 5.82 Å². The first-order valence-corrected chi connectivity index (χ1v) is 11.2. The van der Waals surface area contributed by atoms with Crippen LogP contribution < -0.4 is 16.6 Å². The minimum absolute atomic E-state index is 0.240. The van der Waals surface area contributed by atoms with E-state index in [-0.39, 0.29) is 11.6 Å². The SMILES string of the molecule is NC(=O)c1cc2c(nc(NC3CC3)c(=O)n2-c2ccc3ccn(-c4ccccc4)c3c2)s1. The van der Waals surface area contributed by atoms with Crippen molar-refractivity contribution in [3.05, 3.63) is 82.1 Å². The van der Waals surface area contributed by atoms with Crippen LogP contribution in [0.1, 0.15) is 22.5 Å². The van der Waals surface area contributed by atoms with Crippen LogP contribution in [-0.4, -0.2) is 26.1 Å². The predicted molar refractivity (Wildman–Crippen MR) is 127 cm³/mol. The molecule has 0 unspecified atom stereocenters. The van der Waals surface area contributed by atoms with E-state index >= 15 is 0 Å². The molecule has 7 nitrogen and oxygen atoms in total. The van der Waals surface area contributed by atoms with Gasteiger partial charge >= 0.3 is 0 Å². The summed E-state index contributed by atoms with van der Waals surface area (Å²) in [5.41, 5.74) is 8.57. The molecule has 1 aliphatic rings. The average Bonchev–Trinajstić information content (AvgIpc) is 3.35. The molecule has 32 heavy (non-hydrogen) atoms. The van der Waals surface area contributed by atoms with E-state index < -0.39 is 5.91 Å². The number of carbonyl (C=O) groups excluding carboxylic acids is 1. The van der Waals surface area contributed by atoms with Crippen molar-refractivity contribution >= 4 is 44.3 Å². The molecule has 0 radical (unpaired) electrons. The van der Waals surface area contributed by atoms with Crippen molar-refractivity contribution in [3.8, 4) is 11.4 Å². The van der Waals surface area contributed by atoms with Crippen molar-refractivity contribution < 1.29 is 4.79 Å². The number of nitrogens with one attached hydrogen (secondary N) is 1. The molecule has 8 heteroatoms. The Morgan fingerprint density at radius 3 is 2.59 bits per heavy atom. The summed E-state index contributed by atoms with van der Waals surface area (Å²) >= 11 is 1.20. The van der Waals surface area contributed by atoms with E-state index in [1.54, 1.807) is 10.6 Å². The third-order valence-corrected chi connectivity index (χ3v) is 6.72. The first-order chi connectivity index (χ1) is 15.6. The van der Waals surface area contributed by atoms with Gasteiger partial charge in [-0.15, -0.1) is 11.3 Å². The van der Waals surface area contributed by atoms with Gasteiger partial charge in [0.05, 0.1) is 21.6 Å². The first kappa shape index (κ1) is 18.8. The van der Waals surface area contributed by atoms with E-state index in [0.717, 1.165) is 29.4 Å². The maximum atomic E-state index is 13.5. The predicted octanol–water partition coefficient (Wildman–Crippen LogP) is 4.06. The smallest absolute Gasteiger partial charge is 0.298 e. The zero-order chi connectivity index (χ0) is 21.8. The molecule has 0 saturated heterocycles. The molecular formula is C24H19N5O2S. The molecule has 0 spiro atoms. The van der Waals surface area contributed by atoms with Gasteiger partial charge in [0.25, 0.3) is 11.5 Å². The molecule has 3 N–H and O–H groups in total. The van der Waals surface area contributed by atoms with Gasteiger partial charge in [-0.2, -0.15) is 0 Å². The summed E-state index contributed by atoms with van der Waals surface area (Å²) in [5.74, 6) is -0.228. The molecule has 3 aromatic heterocycles. The molecule has 0 bridgehead atoms. The zero-order valence-electron chi connectivity index (χ0n) is 17.0. The van der Waals surface area contributed by atoms with Crippen LogP contribution >= 0.6 is 11.3 Å². The number of hydrogen-bond donors (Lipinski definition) is 2. The Hall–Kier alpha value is -3.91. The molecule has 3 heterocycles. The van der Waals surface area contributed by atoms with Crippen LogP contribution in [0.2, 0.25) is 0 Å². The maximum absolute atomic E-state index is 13.5. The molecule has 1 fully saturated rings. The average molecular weight is 442 g/mol. The summed E-state index contributed by atoms with van der Waals surface area (Å²) in [6, 6.07) is 19.9. The lowest BCUT2D eigenvalue weighted by atomic mass is 10.2. The lowest BCUT2D eigenvalue weighted by molar-refractivity contribution is 0.100. The van der Waals surface area contributed by atoms with Gasteiger partial charge in [-0.25, -0.2) is 4.98 Å². The maximum Gasteiger partial charge on any atom is 0.298 e. The number of carbonyl (C=O) groups is 1. The number of nitrogens with zero attached hydrogens (tertiary/aromatic N) is 3. The van der Waals surface area contributed by atoms with Gasteiger partial charge in [0.1, 0.15) is 4.83 Å². The molecular weight excluding hydrogens is 422 g/mol. The fraction of sp³-hybridized carbons (Fsp3) is 0.125. The highest BCUT2D eigenvalue weighted by molar-refractivity contribution is 7.20. The van der Waals surface area contributed by atoms with Gasteiger partial charge in [-0.3, -0.25) is 14.2 Å². The number of primary amides is 1. The Morgan fingerprint density at radius 2 is 1.84 bits per heavy atom. The first-order valence-electron chi connectivity index (χ1n) is 10.4. The summed E-state index contributed by atoms with van der Waals surface area (Å²) in [6.07, 6.45) is 4.06. The number of rotatable bonds is 5. The minimum Gasteiger partial charge on any atom is -0.365 e. The second-order valence-corrected chi connectivity index (χ2v) is 8.98. The van der Waals surface area contributed by atoms with Crippen molar-refractivity contribution in [2.75, 3.05) is 5.32 Å². The third kappa shape index (κ3) is 3.07. The number of anilines is 1. The lowest BCUT2D eigenvalue weighted by Crippen LogP contribution is -2.24. The monoisotopic (exact) mass is 441 g/mol. The van der Waals surface area contributed by atoms with Gasteiger partial charge in [0.2, 0.25) is 0 Å². The molecule has 1 amide bonds. The van der Waals surface area contributed by atoms with Crippen molar-refractivity contribution in [3.63, 3.8) is 0 Å². The molecule has 158 valence electrons. The van der Waals surface area contributed by atoms with Gasteiger partial charge in [0.15, 0.2) is 5.82 Å². The van der Waals surface area contributed by atoms with Crippen LogP contribution in [0.3, 0.4) is 0 Å². The Balaban J connectivity index is 1.60. The van der Waals surface area contributed by atoms with E-state index in [9.17, 15) is 9.59 Å². The highest BCUT2D eigenvalue weighted by atomic mass is 32.1. The summed E-state index contributed by atoms with van der Waals surface area (Å²) in [6.45, 7) is 0. The van der Waals surface area contributed by atoms with Crippen molar-refractivity contribution in [1.29, 1.82) is 0 Å². The number of benzene rings is 2. The zero-order valence-corrected chi connectivity index (χ0v) is 17.8. The van der Waals surface area contributed by atoms with Crippen molar-refractivity contribution in [2.45, 2.75) is 18.9 Å². The normalized spacial score (nSPS) is 13.6. The Morgan fingerprint density at radius 1 is 1.03 bits per heavy atom. The number of hydrogen-bond acceptors (Lipinski definition) is 5. The standard InChI is InChI=1S/C24H19N5O2S/c25-21(30)20-13-19-23(32-20)27-22(26-15-7-8-15)24(31)29(19)17-9-6-14-10-11-28(18(14)12-17)16-4-2-1-3-5-16/h1-6,9-13,15H,7-8H2,(H2,25,30)(H,26,27). The number of thiophene rings is 1. The largest absolute Gasteiger partial charge is 0.365 e. The van der Waals surface area contributed by atoms with Crippen LogP contribution in [0.25, 0.3) is 32.6 Å². The van der Waals surface area contributed by atoms with E-state index in [2.05, 4.69) is 14.9 Å². The third-order valence-electron chi connectivity index (χ3n) is 5.68. The summed E-state index contributed by atoms with van der Waals surface area (Å²) in [4.78, 5) is 30.8. The number of aromatic nitrogens is 3. The topological polar surface area (TPSA) is 94.9 Å².